The topological polar surface area (TPSA) is 63.1 Å². The highest BCUT2D eigenvalue weighted by molar-refractivity contribution is 5.91. The van der Waals surface area contributed by atoms with Gasteiger partial charge in [0.15, 0.2) is 5.69 Å². The molecule has 1 aliphatic rings. The minimum absolute atomic E-state index is 0.0439. The van der Waals surface area contributed by atoms with Gasteiger partial charge >= 0.3 is 0 Å². The van der Waals surface area contributed by atoms with Crippen molar-refractivity contribution in [2.75, 3.05) is 26.2 Å². The largest absolute Gasteiger partial charge is 0.337 e. The first-order valence-corrected chi connectivity index (χ1v) is 9.68. The maximum atomic E-state index is 12.8. The molecule has 0 saturated carbocycles. The highest BCUT2D eigenvalue weighted by Gasteiger charge is 2.21. The van der Waals surface area contributed by atoms with Gasteiger partial charge in [-0.15, -0.1) is 5.10 Å². The van der Waals surface area contributed by atoms with Crippen LogP contribution in [0.5, 0.6) is 0 Å². The summed E-state index contributed by atoms with van der Waals surface area (Å²) in [7, 11) is 0. The van der Waals surface area contributed by atoms with E-state index in [-0.39, 0.29) is 5.91 Å². The van der Waals surface area contributed by atoms with Crippen molar-refractivity contribution in [1.82, 2.24) is 25.2 Å². The lowest BCUT2D eigenvalue weighted by Gasteiger charge is -2.22. The minimum atomic E-state index is 0.0439. The van der Waals surface area contributed by atoms with Gasteiger partial charge in [0, 0.05) is 13.1 Å². The summed E-state index contributed by atoms with van der Waals surface area (Å²) in [5, 5.41) is 11.8. The molecule has 2 heterocycles. The Bertz CT molecular complexity index is 472. The van der Waals surface area contributed by atoms with Crippen LogP contribution in [-0.2, 0) is 0 Å². The van der Waals surface area contributed by atoms with E-state index >= 15 is 0 Å². The Morgan fingerprint density at radius 1 is 1.17 bits per heavy atom. The van der Waals surface area contributed by atoms with Crippen LogP contribution in [0.1, 0.15) is 81.7 Å². The number of carbonyl (C=O) groups excluding carboxylic acids is 1. The number of carbonyl (C=O) groups is 1. The summed E-state index contributed by atoms with van der Waals surface area (Å²) in [5.41, 5.74) is 0.501. The van der Waals surface area contributed by atoms with Crippen LogP contribution in [0, 0.1) is 0 Å². The van der Waals surface area contributed by atoms with E-state index in [0.29, 0.717) is 11.7 Å². The molecule has 1 fully saturated rings. The van der Waals surface area contributed by atoms with Gasteiger partial charge in [-0.1, -0.05) is 44.7 Å². The Hall–Kier alpha value is -1.43. The second kappa shape index (κ2) is 10.4. The zero-order valence-electron chi connectivity index (χ0n) is 15.3. The van der Waals surface area contributed by atoms with Crippen LogP contribution >= 0.6 is 0 Å². The fourth-order valence-electron chi connectivity index (χ4n) is 3.21. The first kappa shape index (κ1) is 18.9. The van der Waals surface area contributed by atoms with E-state index in [2.05, 4.69) is 29.5 Å². The first-order valence-electron chi connectivity index (χ1n) is 9.68. The second-order valence-electron chi connectivity index (χ2n) is 6.77. The first-order chi connectivity index (χ1) is 11.8. The molecule has 6 nitrogen and oxygen atoms in total. The Morgan fingerprint density at radius 2 is 1.79 bits per heavy atom. The van der Waals surface area contributed by atoms with Gasteiger partial charge in [0.25, 0.3) is 5.91 Å². The molecule has 0 radical (unpaired) electrons. The summed E-state index contributed by atoms with van der Waals surface area (Å²) >= 11 is 0. The van der Waals surface area contributed by atoms with E-state index in [1.165, 1.54) is 25.7 Å². The number of rotatable bonds is 10. The average molecular weight is 335 g/mol. The smallest absolute Gasteiger partial charge is 0.276 e. The van der Waals surface area contributed by atoms with Gasteiger partial charge in [-0.3, -0.25) is 4.79 Å². The number of unbranched alkanes of at least 4 members (excludes halogenated alkanes) is 4. The van der Waals surface area contributed by atoms with Gasteiger partial charge in [-0.05, 0) is 38.8 Å². The van der Waals surface area contributed by atoms with Crippen molar-refractivity contribution >= 4 is 5.91 Å². The maximum absolute atomic E-state index is 12.8. The summed E-state index contributed by atoms with van der Waals surface area (Å²) in [6.07, 6.45) is 10.8. The molecule has 1 aromatic rings. The molecule has 0 bridgehead atoms. The summed E-state index contributed by atoms with van der Waals surface area (Å²) in [6.45, 7) is 8.05. The predicted octanol–water partition coefficient (Wildman–Crippen LogP) is 3.03. The summed E-state index contributed by atoms with van der Waals surface area (Å²) in [6, 6.07) is 0.369. The lowest BCUT2D eigenvalue weighted by Crippen LogP contribution is -2.33. The molecule has 24 heavy (non-hydrogen) atoms. The van der Waals surface area contributed by atoms with Gasteiger partial charge in [0.05, 0.1) is 12.2 Å². The van der Waals surface area contributed by atoms with E-state index in [1.54, 1.807) is 0 Å². The molecule has 1 aromatic heterocycles. The molecular weight excluding hydrogens is 302 g/mol. The number of aromatic nitrogens is 3. The monoisotopic (exact) mass is 335 g/mol. The van der Waals surface area contributed by atoms with Crippen LogP contribution in [0.3, 0.4) is 0 Å². The number of hydrogen-bond acceptors (Lipinski definition) is 4. The summed E-state index contributed by atoms with van der Waals surface area (Å²) in [5.74, 6) is 0.0439. The second-order valence-corrected chi connectivity index (χ2v) is 6.77. The van der Waals surface area contributed by atoms with Crippen LogP contribution in [0.4, 0.5) is 0 Å². The van der Waals surface area contributed by atoms with Crippen molar-refractivity contribution < 1.29 is 4.79 Å². The van der Waals surface area contributed by atoms with E-state index < -0.39 is 0 Å². The average Bonchev–Trinajstić information content (AvgIpc) is 3.11. The molecule has 0 atom stereocenters. The maximum Gasteiger partial charge on any atom is 0.276 e. The highest BCUT2D eigenvalue weighted by atomic mass is 16.2. The minimum Gasteiger partial charge on any atom is -0.337 e. The lowest BCUT2D eigenvalue weighted by molar-refractivity contribution is 0.0743. The normalized spacial score (nSPS) is 15.6. The molecule has 0 unspecified atom stereocenters. The molecule has 1 saturated heterocycles. The molecule has 1 amide bonds. The fraction of sp³-hybridized carbons (Fsp3) is 0.833. The van der Waals surface area contributed by atoms with E-state index in [0.717, 1.165) is 51.9 Å². The Balaban J connectivity index is 1.97. The third kappa shape index (κ3) is 5.58. The van der Waals surface area contributed by atoms with E-state index in [1.807, 2.05) is 15.8 Å². The Labute approximate surface area is 146 Å². The Morgan fingerprint density at radius 3 is 2.38 bits per heavy atom. The number of amides is 1. The van der Waals surface area contributed by atoms with Crippen molar-refractivity contribution in [3.05, 3.63) is 11.9 Å². The van der Waals surface area contributed by atoms with Crippen molar-refractivity contribution in [1.29, 1.82) is 0 Å². The van der Waals surface area contributed by atoms with Crippen molar-refractivity contribution in [3.8, 4) is 0 Å². The molecule has 0 aliphatic carbocycles. The van der Waals surface area contributed by atoms with Crippen molar-refractivity contribution in [3.63, 3.8) is 0 Å². The molecule has 1 N–H and O–H groups in total. The van der Waals surface area contributed by atoms with Gasteiger partial charge < -0.3 is 10.2 Å². The zero-order valence-corrected chi connectivity index (χ0v) is 15.3. The Kier molecular flexibility index (Phi) is 8.22. The third-order valence-corrected chi connectivity index (χ3v) is 4.76. The standard InChI is InChI=1S/C18H33N5O/c1-3-5-7-13-22(14-8-6-4-2)18(24)17-15-23(21-20-17)16-9-11-19-12-10-16/h15-16,19H,3-14H2,1-2H3. The summed E-state index contributed by atoms with van der Waals surface area (Å²) < 4.78 is 1.89. The molecule has 0 aromatic carbocycles. The van der Waals surface area contributed by atoms with Gasteiger partial charge in [-0.2, -0.15) is 0 Å². The van der Waals surface area contributed by atoms with Gasteiger partial charge in [0.2, 0.25) is 0 Å². The van der Waals surface area contributed by atoms with Crippen molar-refractivity contribution in [2.24, 2.45) is 0 Å². The molecule has 6 heteroatoms. The number of hydrogen-bond donors (Lipinski definition) is 1. The van der Waals surface area contributed by atoms with Gasteiger partial charge in [-0.25, -0.2) is 4.68 Å². The van der Waals surface area contributed by atoms with Crippen molar-refractivity contribution in [2.45, 2.75) is 71.3 Å². The molecule has 136 valence electrons. The molecule has 1 aliphatic heterocycles. The molecular formula is C18H33N5O. The predicted molar refractivity (Wildman–Crippen MR) is 96.1 cm³/mol. The van der Waals surface area contributed by atoms with Crippen LogP contribution in [0.15, 0.2) is 6.20 Å². The number of nitrogens with zero attached hydrogens (tertiary/aromatic N) is 4. The number of nitrogens with one attached hydrogen (secondary N) is 1. The fourth-order valence-corrected chi connectivity index (χ4v) is 3.21. The molecule has 0 spiro atoms. The van der Waals surface area contributed by atoms with Crippen LogP contribution in [-0.4, -0.2) is 52.0 Å². The van der Waals surface area contributed by atoms with Crippen LogP contribution in [0.25, 0.3) is 0 Å². The quantitative estimate of drug-likeness (QED) is 0.668. The summed E-state index contributed by atoms with van der Waals surface area (Å²) in [4.78, 5) is 14.8. The molecule has 2 rings (SSSR count). The van der Waals surface area contributed by atoms with Gasteiger partial charge in [0.1, 0.15) is 0 Å². The SMILES string of the molecule is CCCCCN(CCCCC)C(=O)c1cn(C2CCNCC2)nn1. The number of piperidine rings is 1. The third-order valence-electron chi connectivity index (χ3n) is 4.76. The van der Waals surface area contributed by atoms with Crippen LogP contribution in [0.2, 0.25) is 0 Å². The zero-order chi connectivity index (χ0) is 17.2. The highest BCUT2D eigenvalue weighted by Crippen LogP contribution is 2.17. The lowest BCUT2D eigenvalue weighted by atomic mass is 10.1. The van der Waals surface area contributed by atoms with Crippen LogP contribution < -0.4 is 5.32 Å². The van der Waals surface area contributed by atoms with E-state index in [9.17, 15) is 4.79 Å². The van der Waals surface area contributed by atoms with E-state index in [4.69, 9.17) is 0 Å².